The predicted octanol–water partition coefficient (Wildman–Crippen LogP) is 3.97. The number of hydrogen-bond donors (Lipinski definition) is 1. The zero-order chi connectivity index (χ0) is 15.4. The van der Waals surface area contributed by atoms with Crippen LogP contribution in [0, 0.1) is 0 Å². The monoisotopic (exact) mass is 305 g/mol. The highest BCUT2D eigenvalue weighted by Gasteiger charge is 2.18. The van der Waals surface area contributed by atoms with Crippen LogP contribution in [0.15, 0.2) is 36.4 Å². The van der Waals surface area contributed by atoms with Gasteiger partial charge in [0.1, 0.15) is 0 Å². The molecule has 0 spiro atoms. The van der Waals surface area contributed by atoms with Crippen LogP contribution in [0.3, 0.4) is 0 Å². The third kappa shape index (κ3) is 3.14. The maximum absolute atomic E-state index is 6.43. The fraction of sp³-hybridized carbons (Fsp3) is 0.294. The van der Waals surface area contributed by atoms with Crippen LogP contribution >= 0.6 is 11.6 Å². The summed E-state index contributed by atoms with van der Waals surface area (Å²) in [4.78, 5) is 0. The second-order valence-corrected chi connectivity index (χ2v) is 5.17. The first-order valence-corrected chi connectivity index (χ1v) is 7.25. The molecule has 0 radical (unpaired) electrons. The van der Waals surface area contributed by atoms with Gasteiger partial charge in [-0.2, -0.15) is 0 Å². The van der Waals surface area contributed by atoms with Gasteiger partial charge in [0.2, 0.25) is 0 Å². The van der Waals surface area contributed by atoms with Crippen LogP contribution in [-0.4, -0.2) is 14.2 Å². The summed E-state index contributed by atoms with van der Waals surface area (Å²) in [6.07, 6.45) is 0.925. The van der Waals surface area contributed by atoms with Crippen LogP contribution in [0.4, 0.5) is 0 Å². The van der Waals surface area contributed by atoms with E-state index < -0.39 is 0 Å². The summed E-state index contributed by atoms with van der Waals surface area (Å²) in [5.41, 5.74) is 9.55. The van der Waals surface area contributed by atoms with Gasteiger partial charge in [-0.25, -0.2) is 0 Å². The molecular weight excluding hydrogens is 286 g/mol. The highest BCUT2D eigenvalue weighted by atomic mass is 35.5. The fourth-order valence-electron chi connectivity index (χ4n) is 2.44. The molecule has 0 aliphatic rings. The maximum atomic E-state index is 6.43. The van der Waals surface area contributed by atoms with Crippen LogP contribution in [0.5, 0.6) is 11.5 Å². The molecule has 0 amide bonds. The zero-order valence-electron chi connectivity index (χ0n) is 12.5. The molecule has 1 unspecified atom stereocenters. The first kappa shape index (κ1) is 15.7. The van der Waals surface area contributed by atoms with E-state index in [4.69, 9.17) is 26.8 Å². The number of methoxy groups -OCH3 is 2. The van der Waals surface area contributed by atoms with Gasteiger partial charge in [0.25, 0.3) is 0 Å². The molecule has 2 aromatic carbocycles. The lowest BCUT2D eigenvalue weighted by Crippen LogP contribution is -2.14. The predicted molar refractivity (Wildman–Crippen MR) is 86.4 cm³/mol. The Balaban J connectivity index is 2.50. The molecule has 2 N–H and O–H groups in total. The fourth-order valence-corrected chi connectivity index (χ4v) is 2.71. The summed E-state index contributed by atoms with van der Waals surface area (Å²) in [7, 11) is 3.18. The molecule has 112 valence electrons. The third-order valence-corrected chi connectivity index (χ3v) is 3.94. The van der Waals surface area contributed by atoms with Crippen molar-refractivity contribution in [3.8, 4) is 11.5 Å². The van der Waals surface area contributed by atoms with Gasteiger partial charge in [-0.1, -0.05) is 42.8 Å². The molecule has 0 saturated heterocycles. The molecule has 2 rings (SSSR count). The Morgan fingerprint density at radius 2 is 1.67 bits per heavy atom. The Bertz CT molecular complexity index is 628. The molecule has 0 bridgehead atoms. The maximum Gasteiger partial charge on any atom is 0.162 e. The van der Waals surface area contributed by atoms with E-state index >= 15 is 0 Å². The van der Waals surface area contributed by atoms with E-state index in [1.54, 1.807) is 20.3 Å². The molecular formula is C17H20ClNO2. The molecule has 0 fully saturated rings. The van der Waals surface area contributed by atoms with Crippen LogP contribution < -0.4 is 15.2 Å². The van der Waals surface area contributed by atoms with Crippen molar-refractivity contribution in [1.29, 1.82) is 0 Å². The Morgan fingerprint density at radius 3 is 2.29 bits per heavy atom. The largest absolute Gasteiger partial charge is 0.493 e. The quantitative estimate of drug-likeness (QED) is 0.909. The minimum atomic E-state index is -0.298. The Hall–Kier alpha value is -1.71. The molecule has 1 atom stereocenters. The van der Waals surface area contributed by atoms with Crippen molar-refractivity contribution in [1.82, 2.24) is 0 Å². The molecule has 0 aromatic heterocycles. The standard InChI is InChI=1S/C17H20ClNO2/c1-4-11-7-5-6-8-12(11)17(19)13-9-15(20-2)16(21-3)10-14(13)18/h5-10,17H,4,19H2,1-3H3. The van der Waals surface area contributed by atoms with Crippen molar-refractivity contribution < 1.29 is 9.47 Å². The van der Waals surface area contributed by atoms with Gasteiger partial charge in [0, 0.05) is 11.1 Å². The Labute approximate surface area is 130 Å². The summed E-state index contributed by atoms with van der Waals surface area (Å²) >= 11 is 6.36. The van der Waals surface area contributed by atoms with Gasteiger partial charge in [-0.05, 0) is 29.2 Å². The van der Waals surface area contributed by atoms with Crippen molar-refractivity contribution in [2.24, 2.45) is 5.73 Å². The lowest BCUT2D eigenvalue weighted by atomic mass is 9.94. The summed E-state index contributed by atoms with van der Waals surface area (Å²) in [5, 5.41) is 0.575. The first-order valence-electron chi connectivity index (χ1n) is 6.87. The summed E-state index contributed by atoms with van der Waals surface area (Å²) in [5.74, 6) is 1.23. The van der Waals surface area contributed by atoms with Crippen LogP contribution in [0.1, 0.15) is 29.7 Å². The molecule has 21 heavy (non-hydrogen) atoms. The van der Waals surface area contributed by atoms with E-state index in [-0.39, 0.29) is 6.04 Å². The van der Waals surface area contributed by atoms with Gasteiger partial charge in [0.05, 0.1) is 20.3 Å². The molecule has 0 aliphatic carbocycles. The average molecular weight is 306 g/mol. The van der Waals surface area contributed by atoms with Gasteiger partial charge in [-0.3, -0.25) is 0 Å². The molecule has 0 heterocycles. The number of benzene rings is 2. The smallest absolute Gasteiger partial charge is 0.162 e. The molecule has 4 heteroatoms. The van der Waals surface area contributed by atoms with Gasteiger partial charge >= 0.3 is 0 Å². The minimum absolute atomic E-state index is 0.298. The topological polar surface area (TPSA) is 44.5 Å². The third-order valence-electron chi connectivity index (χ3n) is 3.61. The number of hydrogen-bond acceptors (Lipinski definition) is 3. The van der Waals surface area contributed by atoms with Gasteiger partial charge in [-0.15, -0.1) is 0 Å². The Morgan fingerprint density at radius 1 is 1.05 bits per heavy atom. The molecule has 2 aromatic rings. The van der Waals surface area contributed by atoms with Crippen molar-refractivity contribution in [3.05, 3.63) is 58.1 Å². The van der Waals surface area contributed by atoms with Crippen molar-refractivity contribution in [2.75, 3.05) is 14.2 Å². The second kappa shape index (κ2) is 6.83. The SMILES string of the molecule is CCc1ccccc1C(N)c1cc(OC)c(OC)cc1Cl. The minimum Gasteiger partial charge on any atom is -0.493 e. The normalized spacial score (nSPS) is 12.0. The number of halogens is 1. The summed E-state index contributed by atoms with van der Waals surface area (Å²) < 4.78 is 10.6. The van der Waals surface area contributed by atoms with E-state index in [1.807, 2.05) is 24.3 Å². The Kier molecular flexibility index (Phi) is 5.10. The van der Waals surface area contributed by atoms with Crippen molar-refractivity contribution in [2.45, 2.75) is 19.4 Å². The van der Waals surface area contributed by atoms with E-state index in [2.05, 4.69) is 13.0 Å². The zero-order valence-corrected chi connectivity index (χ0v) is 13.3. The van der Waals surface area contributed by atoms with Crippen molar-refractivity contribution >= 4 is 11.6 Å². The van der Waals surface area contributed by atoms with Gasteiger partial charge in [0.15, 0.2) is 11.5 Å². The molecule has 0 saturated carbocycles. The van der Waals surface area contributed by atoms with E-state index in [1.165, 1.54) is 5.56 Å². The van der Waals surface area contributed by atoms with Crippen LogP contribution in [0.25, 0.3) is 0 Å². The number of ether oxygens (including phenoxy) is 2. The first-order chi connectivity index (χ1) is 10.1. The summed E-state index contributed by atoms with van der Waals surface area (Å²) in [6.45, 7) is 2.11. The summed E-state index contributed by atoms with van der Waals surface area (Å²) in [6, 6.07) is 11.4. The van der Waals surface area contributed by atoms with E-state index in [9.17, 15) is 0 Å². The highest BCUT2D eigenvalue weighted by molar-refractivity contribution is 6.31. The van der Waals surface area contributed by atoms with Crippen molar-refractivity contribution in [3.63, 3.8) is 0 Å². The van der Waals surface area contributed by atoms with E-state index in [0.717, 1.165) is 17.5 Å². The average Bonchev–Trinajstić information content (AvgIpc) is 2.53. The van der Waals surface area contributed by atoms with Gasteiger partial charge < -0.3 is 15.2 Å². The number of nitrogens with two attached hydrogens (primary N) is 1. The lowest BCUT2D eigenvalue weighted by Gasteiger charge is -2.19. The van der Waals surface area contributed by atoms with Crippen LogP contribution in [-0.2, 0) is 6.42 Å². The molecule has 0 aliphatic heterocycles. The second-order valence-electron chi connectivity index (χ2n) is 4.76. The lowest BCUT2D eigenvalue weighted by molar-refractivity contribution is 0.354. The number of rotatable bonds is 5. The van der Waals surface area contributed by atoms with E-state index in [0.29, 0.717) is 16.5 Å². The molecule has 3 nitrogen and oxygen atoms in total. The van der Waals surface area contributed by atoms with Crippen LogP contribution in [0.2, 0.25) is 5.02 Å². The number of aryl methyl sites for hydroxylation is 1. The highest BCUT2D eigenvalue weighted by Crippen LogP contribution is 2.37.